The second kappa shape index (κ2) is 4.70. The summed E-state index contributed by atoms with van der Waals surface area (Å²) in [7, 11) is 0. The monoisotopic (exact) mass is 341 g/mol. The lowest BCUT2D eigenvalue weighted by Gasteiger charge is -2.36. The first-order chi connectivity index (χ1) is 12.3. The number of hydrogen-bond donors (Lipinski definition) is 1. The van der Waals surface area contributed by atoms with Crippen molar-refractivity contribution in [1.82, 2.24) is 0 Å². The van der Waals surface area contributed by atoms with Crippen LogP contribution >= 0.6 is 0 Å². The minimum atomic E-state index is -0.0973. The Hall–Kier alpha value is -2.74. The van der Waals surface area contributed by atoms with Crippen LogP contribution in [0.15, 0.2) is 54.6 Å². The molecule has 0 saturated carbocycles. The van der Waals surface area contributed by atoms with Crippen molar-refractivity contribution in [3.8, 4) is 22.6 Å². The maximum absolute atomic E-state index is 6.51. The van der Waals surface area contributed by atoms with E-state index in [-0.39, 0.29) is 10.8 Å². The summed E-state index contributed by atoms with van der Waals surface area (Å²) in [4.78, 5) is 0. The van der Waals surface area contributed by atoms with Gasteiger partial charge < -0.3 is 10.5 Å². The zero-order valence-corrected chi connectivity index (χ0v) is 15.7. The molecular weight excluding hydrogens is 318 g/mol. The molecule has 0 unspecified atom stereocenters. The van der Waals surface area contributed by atoms with Gasteiger partial charge in [0.25, 0.3) is 0 Å². The number of hydrogen-bond acceptors (Lipinski definition) is 2. The predicted molar refractivity (Wildman–Crippen MR) is 107 cm³/mol. The van der Waals surface area contributed by atoms with E-state index in [0.29, 0.717) is 0 Å². The van der Waals surface area contributed by atoms with E-state index in [1.165, 1.54) is 33.4 Å². The Morgan fingerprint density at radius 1 is 0.731 bits per heavy atom. The van der Waals surface area contributed by atoms with Crippen molar-refractivity contribution >= 4 is 5.69 Å². The van der Waals surface area contributed by atoms with E-state index in [4.69, 9.17) is 10.5 Å². The molecule has 1 heterocycles. The molecule has 0 radical (unpaired) electrons. The molecule has 3 aromatic rings. The molecule has 2 N–H and O–H groups in total. The second-order valence-electron chi connectivity index (χ2n) is 8.52. The smallest absolute Gasteiger partial charge is 0.139 e. The van der Waals surface area contributed by atoms with E-state index >= 15 is 0 Å². The number of ether oxygens (including phenoxy) is 1. The van der Waals surface area contributed by atoms with Crippen molar-refractivity contribution in [3.05, 3.63) is 76.9 Å². The van der Waals surface area contributed by atoms with E-state index in [9.17, 15) is 0 Å². The van der Waals surface area contributed by atoms with Gasteiger partial charge in [0.05, 0.1) is 0 Å². The molecule has 0 amide bonds. The molecule has 0 bridgehead atoms. The number of nitrogens with two attached hydrogens (primary N) is 1. The summed E-state index contributed by atoms with van der Waals surface area (Å²) >= 11 is 0. The number of anilines is 1. The SMILES string of the molecule is CC1(C)c2ccccc2Oc2c1ccc1c2-c2ccc(N)cc2C1(C)C. The van der Waals surface area contributed by atoms with Gasteiger partial charge in [0, 0.05) is 33.2 Å². The van der Waals surface area contributed by atoms with Crippen LogP contribution in [0.25, 0.3) is 11.1 Å². The van der Waals surface area contributed by atoms with Gasteiger partial charge >= 0.3 is 0 Å². The maximum Gasteiger partial charge on any atom is 0.139 e. The van der Waals surface area contributed by atoms with Gasteiger partial charge in [-0.3, -0.25) is 0 Å². The molecule has 3 aromatic carbocycles. The van der Waals surface area contributed by atoms with Gasteiger partial charge in [-0.2, -0.15) is 0 Å². The molecule has 2 heteroatoms. The average molecular weight is 341 g/mol. The van der Waals surface area contributed by atoms with Crippen LogP contribution in [-0.2, 0) is 10.8 Å². The predicted octanol–water partition coefficient (Wildman–Crippen LogP) is 6.01. The lowest BCUT2D eigenvalue weighted by Crippen LogP contribution is -2.25. The fourth-order valence-electron chi connectivity index (χ4n) is 4.74. The fraction of sp³-hybridized carbons (Fsp3) is 0.250. The molecule has 2 aliphatic rings. The highest BCUT2D eigenvalue weighted by Crippen LogP contribution is 2.58. The van der Waals surface area contributed by atoms with Crippen LogP contribution in [0.5, 0.6) is 11.5 Å². The summed E-state index contributed by atoms with van der Waals surface area (Å²) in [5, 5.41) is 0. The zero-order valence-electron chi connectivity index (χ0n) is 15.7. The first-order valence-electron chi connectivity index (χ1n) is 9.17. The Morgan fingerprint density at radius 2 is 1.42 bits per heavy atom. The molecule has 1 aliphatic carbocycles. The Morgan fingerprint density at radius 3 is 2.23 bits per heavy atom. The third-order valence-corrected chi connectivity index (χ3v) is 6.26. The Kier molecular flexibility index (Phi) is 2.80. The van der Waals surface area contributed by atoms with Crippen molar-refractivity contribution in [2.45, 2.75) is 38.5 Å². The summed E-state index contributed by atoms with van der Waals surface area (Å²) in [6, 6.07) is 19.2. The molecule has 5 rings (SSSR count). The van der Waals surface area contributed by atoms with Crippen molar-refractivity contribution in [2.24, 2.45) is 0 Å². The highest BCUT2D eigenvalue weighted by Gasteiger charge is 2.42. The Bertz CT molecular complexity index is 1080. The Labute approximate surface area is 154 Å². The number of benzene rings is 3. The van der Waals surface area contributed by atoms with Gasteiger partial charge in [0.2, 0.25) is 0 Å². The molecule has 130 valence electrons. The summed E-state index contributed by atoms with van der Waals surface area (Å²) in [6.07, 6.45) is 0. The molecule has 0 fully saturated rings. The number of rotatable bonds is 0. The lowest BCUT2D eigenvalue weighted by molar-refractivity contribution is 0.419. The maximum atomic E-state index is 6.51. The molecule has 2 nitrogen and oxygen atoms in total. The third-order valence-electron chi connectivity index (χ3n) is 6.26. The molecule has 26 heavy (non-hydrogen) atoms. The summed E-state index contributed by atoms with van der Waals surface area (Å²) < 4.78 is 6.51. The normalized spacial score (nSPS) is 17.5. The van der Waals surface area contributed by atoms with E-state index in [0.717, 1.165) is 17.2 Å². The first-order valence-corrected chi connectivity index (χ1v) is 9.17. The van der Waals surface area contributed by atoms with Gasteiger partial charge in [0.15, 0.2) is 0 Å². The molecular formula is C24H23NO. The number of fused-ring (bicyclic) bond motifs is 6. The highest BCUT2D eigenvalue weighted by molar-refractivity contribution is 5.88. The van der Waals surface area contributed by atoms with Gasteiger partial charge in [-0.05, 0) is 34.9 Å². The highest BCUT2D eigenvalue weighted by atomic mass is 16.5. The van der Waals surface area contributed by atoms with E-state index < -0.39 is 0 Å². The van der Waals surface area contributed by atoms with Crippen molar-refractivity contribution < 1.29 is 4.74 Å². The Balaban J connectivity index is 1.85. The van der Waals surface area contributed by atoms with E-state index in [2.05, 4.69) is 70.2 Å². The van der Waals surface area contributed by atoms with Gasteiger partial charge in [-0.25, -0.2) is 0 Å². The number of nitrogen functional groups attached to an aromatic ring is 1. The van der Waals surface area contributed by atoms with Crippen LogP contribution in [0.4, 0.5) is 5.69 Å². The first kappa shape index (κ1) is 15.5. The minimum Gasteiger partial charge on any atom is -0.456 e. The van der Waals surface area contributed by atoms with Gasteiger partial charge in [0.1, 0.15) is 11.5 Å². The zero-order chi connectivity index (χ0) is 18.3. The summed E-state index contributed by atoms with van der Waals surface area (Å²) in [5.41, 5.74) is 14.3. The standard InChI is InChI=1S/C24H23NO/c1-23(2)16-7-5-6-8-20(16)26-22-18(23)12-11-17-21(22)15-10-9-14(25)13-19(15)24(17,3)4/h5-13H,25H2,1-4H3. The van der Waals surface area contributed by atoms with E-state index in [1.54, 1.807) is 0 Å². The fourth-order valence-corrected chi connectivity index (χ4v) is 4.74. The quantitative estimate of drug-likeness (QED) is 0.508. The molecule has 0 spiro atoms. The molecule has 0 saturated heterocycles. The van der Waals surface area contributed by atoms with Crippen LogP contribution in [0, 0.1) is 0 Å². The number of para-hydroxylation sites is 1. The lowest BCUT2D eigenvalue weighted by atomic mass is 9.74. The van der Waals surface area contributed by atoms with Crippen LogP contribution in [0.3, 0.4) is 0 Å². The average Bonchev–Trinajstić information content (AvgIpc) is 2.83. The van der Waals surface area contributed by atoms with Gasteiger partial charge in [-0.1, -0.05) is 64.1 Å². The second-order valence-corrected chi connectivity index (χ2v) is 8.52. The van der Waals surface area contributed by atoms with Crippen molar-refractivity contribution in [1.29, 1.82) is 0 Å². The van der Waals surface area contributed by atoms with E-state index in [1.807, 2.05) is 12.1 Å². The van der Waals surface area contributed by atoms with Crippen LogP contribution in [0.2, 0.25) is 0 Å². The molecule has 0 aromatic heterocycles. The van der Waals surface area contributed by atoms with Crippen LogP contribution in [-0.4, -0.2) is 0 Å². The van der Waals surface area contributed by atoms with Crippen LogP contribution < -0.4 is 10.5 Å². The topological polar surface area (TPSA) is 35.2 Å². The van der Waals surface area contributed by atoms with Crippen molar-refractivity contribution in [2.75, 3.05) is 5.73 Å². The van der Waals surface area contributed by atoms with Crippen molar-refractivity contribution in [3.63, 3.8) is 0 Å². The van der Waals surface area contributed by atoms with Gasteiger partial charge in [-0.15, -0.1) is 0 Å². The third kappa shape index (κ3) is 1.77. The molecule has 1 aliphatic heterocycles. The summed E-state index contributed by atoms with van der Waals surface area (Å²) in [5.74, 6) is 1.96. The molecule has 0 atom stereocenters. The largest absolute Gasteiger partial charge is 0.456 e. The van der Waals surface area contributed by atoms with Crippen LogP contribution in [0.1, 0.15) is 49.9 Å². The summed E-state index contributed by atoms with van der Waals surface area (Å²) in [6.45, 7) is 9.10. The minimum absolute atomic E-state index is 0.0838.